The number of aromatic nitrogens is 1. The molecule has 7 heteroatoms. The summed E-state index contributed by atoms with van der Waals surface area (Å²) in [5, 5.41) is 0.642. The van der Waals surface area contributed by atoms with E-state index in [1.807, 2.05) is 19.1 Å². The SMILES string of the molecule is Cc1nc(CN(C)S(C)(=O)=O)oc1-c1ccc(Cl)cc1. The highest BCUT2D eigenvalue weighted by atomic mass is 35.5. The van der Waals surface area contributed by atoms with Gasteiger partial charge in [0.1, 0.15) is 0 Å². The zero-order chi connectivity index (χ0) is 14.9. The van der Waals surface area contributed by atoms with Crippen LogP contribution in [0.4, 0.5) is 0 Å². The first-order valence-corrected chi connectivity index (χ1v) is 8.13. The number of nitrogens with zero attached hydrogens (tertiary/aromatic N) is 2. The van der Waals surface area contributed by atoms with Gasteiger partial charge in [0.15, 0.2) is 5.76 Å². The molecule has 0 spiro atoms. The average Bonchev–Trinajstić information content (AvgIpc) is 2.70. The summed E-state index contributed by atoms with van der Waals surface area (Å²) in [7, 11) is -1.78. The van der Waals surface area contributed by atoms with Crippen molar-refractivity contribution in [2.75, 3.05) is 13.3 Å². The lowest BCUT2D eigenvalue weighted by molar-refractivity contribution is 0.402. The van der Waals surface area contributed by atoms with Crippen LogP contribution < -0.4 is 0 Å². The first-order chi connectivity index (χ1) is 9.27. The van der Waals surface area contributed by atoms with E-state index in [2.05, 4.69) is 4.98 Å². The number of hydrogen-bond donors (Lipinski definition) is 0. The number of rotatable bonds is 4. The van der Waals surface area contributed by atoms with E-state index in [0.717, 1.165) is 11.8 Å². The van der Waals surface area contributed by atoms with Crippen molar-refractivity contribution in [2.24, 2.45) is 0 Å². The molecule has 0 aliphatic carbocycles. The molecule has 0 aliphatic heterocycles. The number of benzene rings is 1. The van der Waals surface area contributed by atoms with Gasteiger partial charge >= 0.3 is 0 Å². The molecule has 0 atom stereocenters. The van der Waals surface area contributed by atoms with Gasteiger partial charge in [0.05, 0.1) is 18.5 Å². The van der Waals surface area contributed by atoms with Gasteiger partial charge in [0, 0.05) is 17.6 Å². The third-order valence-corrected chi connectivity index (χ3v) is 4.38. The van der Waals surface area contributed by atoms with Crippen LogP contribution in [0.25, 0.3) is 11.3 Å². The molecule has 0 amide bonds. The molecule has 108 valence electrons. The second kappa shape index (κ2) is 5.55. The number of halogens is 1. The van der Waals surface area contributed by atoms with Crippen LogP contribution >= 0.6 is 11.6 Å². The first-order valence-electron chi connectivity index (χ1n) is 5.91. The van der Waals surface area contributed by atoms with Gasteiger partial charge in [0.25, 0.3) is 0 Å². The van der Waals surface area contributed by atoms with Crippen LogP contribution in [-0.2, 0) is 16.6 Å². The van der Waals surface area contributed by atoms with E-state index in [-0.39, 0.29) is 6.54 Å². The zero-order valence-electron chi connectivity index (χ0n) is 11.4. The van der Waals surface area contributed by atoms with E-state index in [4.69, 9.17) is 16.0 Å². The molecule has 0 radical (unpaired) electrons. The fourth-order valence-corrected chi connectivity index (χ4v) is 2.17. The maximum Gasteiger partial charge on any atom is 0.211 e. The van der Waals surface area contributed by atoms with Crippen molar-refractivity contribution in [3.05, 3.63) is 40.9 Å². The Kier molecular flexibility index (Phi) is 4.17. The van der Waals surface area contributed by atoms with E-state index in [0.29, 0.717) is 22.4 Å². The molecule has 0 aliphatic rings. The third-order valence-electron chi connectivity index (χ3n) is 2.87. The first kappa shape index (κ1) is 15.0. The Bertz CT molecular complexity index is 708. The van der Waals surface area contributed by atoms with Crippen LogP contribution in [0.1, 0.15) is 11.6 Å². The molecule has 0 unspecified atom stereocenters. The van der Waals surface area contributed by atoms with E-state index < -0.39 is 10.0 Å². The zero-order valence-corrected chi connectivity index (χ0v) is 13.0. The monoisotopic (exact) mass is 314 g/mol. The van der Waals surface area contributed by atoms with Crippen molar-refractivity contribution in [1.29, 1.82) is 0 Å². The fourth-order valence-electron chi connectivity index (χ4n) is 1.70. The van der Waals surface area contributed by atoms with Crippen LogP contribution in [0, 0.1) is 6.92 Å². The fraction of sp³-hybridized carbons (Fsp3) is 0.308. The Morgan fingerprint density at radius 2 is 1.90 bits per heavy atom. The smallest absolute Gasteiger partial charge is 0.211 e. The number of hydrogen-bond acceptors (Lipinski definition) is 4. The van der Waals surface area contributed by atoms with Crippen LogP contribution in [0.15, 0.2) is 28.7 Å². The molecule has 20 heavy (non-hydrogen) atoms. The third kappa shape index (κ3) is 3.39. The van der Waals surface area contributed by atoms with Crippen molar-refractivity contribution < 1.29 is 12.8 Å². The number of oxazole rings is 1. The van der Waals surface area contributed by atoms with Gasteiger partial charge in [-0.1, -0.05) is 11.6 Å². The average molecular weight is 315 g/mol. The lowest BCUT2D eigenvalue weighted by atomic mass is 10.1. The molecule has 2 aromatic rings. The highest BCUT2D eigenvalue weighted by Gasteiger charge is 2.17. The van der Waals surface area contributed by atoms with Crippen molar-refractivity contribution in [3.8, 4) is 11.3 Å². The van der Waals surface area contributed by atoms with E-state index in [1.165, 1.54) is 11.4 Å². The van der Waals surface area contributed by atoms with Gasteiger partial charge in [-0.15, -0.1) is 0 Å². The molecule has 1 aromatic carbocycles. The summed E-state index contributed by atoms with van der Waals surface area (Å²) in [6, 6.07) is 7.20. The second-order valence-corrected chi connectivity index (χ2v) is 7.07. The van der Waals surface area contributed by atoms with E-state index >= 15 is 0 Å². The van der Waals surface area contributed by atoms with Crippen molar-refractivity contribution in [1.82, 2.24) is 9.29 Å². The maximum atomic E-state index is 11.4. The molecule has 5 nitrogen and oxygen atoms in total. The molecule has 0 saturated heterocycles. The van der Waals surface area contributed by atoms with Crippen molar-refractivity contribution in [2.45, 2.75) is 13.5 Å². The summed E-state index contributed by atoms with van der Waals surface area (Å²) in [5.41, 5.74) is 1.57. The van der Waals surface area contributed by atoms with Crippen LogP contribution in [0.3, 0.4) is 0 Å². The topological polar surface area (TPSA) is 63.4 Å². The molecule has 0 saturated carbocycles. The largest absolute Gasteiger partial charge is 0.439 e. The van der Waals surface area contributed by atoms with Gasteiger partial charge in [0.2, 0.25) is 15.9 Å². The predicted octanol–water partition coefficient (Wildman–Crippen LogP) is 2.69. The van der Waals surface area contributed by atoms with Crippen LogP contribution in [0.2, 0.25) is 5.02 Å². The molecule has 1 heterocycles. The standard InChI is InChI=1S/C13H15ClN2O3S/c1-9-13(10-4-6-11(14)7-5-10)19-12(15-9)8-16(2)20(3,17)18/h4-7H,8H2,1-3H3. The molecule has 1 aromatic heterocycles. The molecular weight excluding hydrogens is 300 g/mol. The van der Waals surface area contributed by atoms with Gasteiger partial charge in [-0.25, -0.2) is 13.4 Å². The van der Waals surface area contributed by atoms with E-state index in [1.54, 1.807) is 12.1 Å². The summed E-state index contributed by atoms with van der Waals surface area (Å²) in [4.78, 5) is 4.26. The summed E-state index contributed by atoms with van der Waals surface area (Å²) in [5.74, 6) is 0.985. The van der Waals surface area contributed by atoms with Gasteiger partial charge in [-0.05, 0) is 31.2 Å². The molecule has 0 fully saturated rings. The summed E-state index contributed by atoms with van der Waals surface area (Å²) in [6.45, 7) is 1.92. The Labute approximate surface area is 123 Å². The van der Waals surface area contributed by atoms with Crippen LogP contribution in [-0.4, -0.2) is 31.0 Å². The van der Waals surface area contributed by atoms with E-state index in [9.17, 15) is 8.42 Å². The van der Waals surface area contributed by atoms with Gasteiger partial charge < -0.3 is 4.42 Å². The molecule has 0 bridgehead atoms. The summed E-state index contributed by atoms with van der Waals surface area (Å²) >= 11 is 5.84. The van der Waals surface area contributed by atoms with Gasteiger partial charge in [-0.2, -0.15) is 4.31 Å². The Morgan fingerprint density at radius 1 is 1.30 bits per heavy atom. The molecule has 2 rings (SSSR count). The van der Waals surface area contributed by atoms with Crippen molar-refractivity contribution >= 4 is 21.6 Å². The Hall–Kier alpha value is -1.37. The maximum absolute atomic E-state index is 11.4. The predicted molar refractivity (Wildman–Crippen MR) is 78.0 cm³/mol. The quantitative estimate of drug-likeness (QED) is 0.870. The van der Waals surface area contributed by atoms with Crippen molar-refractivity contribution in [3.63, 3.8) is 0 Å². The minimum Gasteiger partial charge on any atom is -0.439 e. The number of aryl methyl sites for hydroxylation is 1. The lowest BCUT2D eigenvalue weighted by Gasteiger charge is -2.10. The molecular formula is C13H15ClN2O3S. The summed E-state index contributed by atoms with van der Waals surface area (Å²) < 4.78 is 29.6. The summed E-state index contributed by atoms with van der Waals surface area (Å²) in [6.07, 6.45) is 1.14. The normalized spacial score (nSPS) is 12.1. The molecule has 0 N–H and O–H groups in total. The minimum atomic E-state index is -3.26. The van der Waals surface area contributed by atoms with Gasteiger partial charge in [-0.3, -0.25) is 0 Å². The Morgan fingerprint density at radius 3 is 2.45 bits per heavy atom. The Balaban J connectivity index is 2.28. The number of sulfonamides is 1. The second-order valence-electron chi connectivity index (χ2n) is 4.55. The highest BCUT2D eigenvalue weighted by molar-refractivity contribution is 7.88. The lowest BCUT2D eigenvalue weighted by Crippen LogP contribution is -2.25. The minimum absolute atomic E-state index is 0.104. The highest BCUT2D eigenvalue weighted by Crippen LogP contribution is 2.26. The van der Waals surface area contributed by atoms with Crippen LogP contribution in [0.5, 0.6) is 0 Å².